The van der Waals surface area contributed by atoms with Crippen LogP contribution in [0.2, 0.25) is 5.02 Å². The third-order valence-corrected chi connectivity index (χ3v) is 6.85. The molecule has 31 heavy (non-hydrogen) atoms. The fourth-order valence-corrected chi connectivity index (χ4v) is 4.95. The lowest BCUT2D eigenvalue weighted by molar-refractivity contribution is -0.123. The smallest absolute Gasteiger partial charge is 0.269 e. The second-order valence-electron chi connectivity index (χ2n) is 6.67. The SMILES string of the molecule is O=C(CCCCCN1C(=O)/C(=C\c2cccs2)SC1=S)NNC(=O)c1ccc(Cl)cc1. The summed E-state index contributed by atoms with van der Waals surface area (Å²) >= 11 is 14.0. The molecule has 0 saturated carbocycles. The van der Waals surface area contributed by atoms with E-state index >= 15 is 0 Å². The van der Waals surface area contributed by atoms with Crippen molar-refractivity contribution in [1.29, 1.82) is 0 Å². The van der Waals surface area contributed by atoms with E-state index in [0.717, 1.165) is 17.7 Å². The third-order valence-electron chi connectivity index (χ3n) is 4.40. The minimum absolute atomic E-state index is 0.0638. The zero-order valence-electron chi connectivity index (χ0n) is 16.4. The number of carbonyl (C=O) groups is 3. The molecule has 2 N–H and O–H groups in total. The van der Waals surface area contributed by atoms with Crippen molar-refractivity contribution in [1.82, 2.24) is 15.8 Å². The van der Waals surface area contributed by atoms with Crippen LogP contribution in [0, 0.1) is 0 Å². The van der Waals surface area contributed by atoms with Crippen LogP contribution in [0.15, 0.2) is 46.7 Å². The topological polar surface area (TPSA) is 78.5 Å². The molecule has 6 nitrogen and oxygen atoms in total. The number of halogens is 1. The highest BCUT2D eigenvalue weighted by Crippen LogP contribution is 2.33. The summed E-state index contributed by atoms with van der Waals surface area (Å²) in [7, 11) is 0. The minimum Gasteiger partial charge on any atom is -0.293 e. The van der Waals surface area contributed by atoms with Gasteiger partial charge in [-0.3, -0.25) is 30.1 Å². The van der Waals surface area contributed by atoms with Crippen molar-refractivity contribution >= 4 is 75.0 Å². The number of thioether (sulfide) groups is 1. The molecule has 1 aliphatic rings. The number of carbonyl (C=O) groups excluding carboxylic acids is 3. The lowest BCUT2D eigenvalue weighted by Gasteiger charge is -2.14. The zero-order valence-corrected chi connectivity index (χ0v) is 19.6. The van der Waals surface area contributed by atoms with Crippen LogP contribution < -0.4 is 10.9 Å². The Bertz CT molecular complexity index is 991. The van der Waals surface area contributed by atoms with Crippen LogP contribution in [0.5, 0.6) is 0 Å². The van der Waals surface area contributed by atoms with Gasteiger partial charge in [-0.15, -0.1) is 11.3 Å². The van der Waals surface area contributed by atoms with Crippen LogP contribution >= 0.6 is 46.9 Å². The zero-order chi connectivity index (χ0) is 22.2. The van der Waals surface area contributed by atoms with E-state index in [0.29, 0.717) is 32.8 Å². The summed E-state index contributed by atoms with van der Waals surface area (Å²) in [6.07, 6.45) is 4.29. The highest BCUT2D eigenvalue weighted by molar-refractivity contribution is 8.26. The lowest BCUT2D eigenvalue weighted by Crippen LogP contribution is -2.41. The number of unbranched alkanes of at least 4 members (excludes halogenated alkanes) is 2. The molecule has 0 aliphatic carbocycles. The number of hydrogen-bond donors (Lipinski definition) is 2. The Morgan fingerprint density at radius 3 is 2.58 bits per heavy atom. The number of amides is 3. The van der Waals surface area contributed by atoms with E-state index in [4.69, 9.17) is 23.8 Å². The molecule has 1 aliphatic heterocycles. The fraction of sp³-hybridized carbons (Fsp3) is 0.238. The van der Waals surface area contributed by atoms with Gasteiger partial charge >= 0.3 is 0 Å². The highest BCUT2D eigenvalue weighted by atomic mass is 35.5. The average Bonchev–Trinajstić information content (AvgIpc) is 3.35. The first-order chi connectivity index (χ1) is 14.9. The first-order valence-electron chi connectivity index (χ1n) is 9.57. The molecule has 1 saturated heterocycles. The molecule has 1 aromatic carbocycles. The maximum atomic E-state index is 12.5. The van der Waals surface area contributed by atoms with Crippen LogP contribution in [-0.4, -0.2) is 33.5 Å². The molecule has 3 rings (SSSR count). The molecule has 1 aromatic heterocycles. The average molecular weight is 494 g/mol. The number of nitrogens with zero attached hydrogens (tertiary/aromatic N) is 1. The quantitative estimate of drug-likeness (QED) is 0.243. The van der Waals surface area contributed by atoms with Crippen LogP contribution in [0.25, 0.3) is 6.08 Å². The molecule has 0 atom stereocenters. The van der Waals surface area contributed by atoms with Gasteiger partial charge in [-0.05, 0) is 54.6 Å². The molecule has 1 fully saturated rings. The maximum absolute atomic E-state index is 12.5. The molecule has 0 bridgehead atoms. The van der Waals surface area contributed by atoms with Gasteiger partial charge in [-0.2, -0.15) is 0 Å². The van der Waals surface area contributed by atoms with Gasteiger partial charge in [0.05, 0.1) is 4.91 Å². The summed E-state index contributed by atoms with van der Waals surface area (Å²) in [5.74, 6) is -0.743. The molecule has 162 valence electrons. The Morgan fingerprint density at radius 2 is 1.87 bits per heavy atom. The van der Waals surface area contributed by atoms with E-state index in [-0.39, 0.29) is 18.2 Å². The number of rotatable bonds is 8. The summed E-state index contributed by atoms with van der Waals surface area (Å²) in [6.45, 7) is 0.529. The fourth-order valence-electron chi connectivity index (χ4n) is 2.79. The summed E-state index contributed by atoms with van der Waals surface area (Å²) in [5.41, 5.74) is 5.18. The van der Waals surface area contributed by atoms with E-state index in [1.165, 1.54) is 11.8 Å². The summed E-state index contributed by atoms with van der Waals surface area (Å²) in [6, 6.07) is 10.3. The molecular formula is C21H20ClN3O3S3. The Kier molecular flexibility index (Phi) is 8.65. The number of hydrazine groups is 1. The number of hydrogen-bond acceptors (Lipinski definition) is 6. The number of thiophene rings is 1. The van der Waals surface area contributed by atoms with Gasteiger partial charge in [0.25, 0.3) is 11.8 Å². The molecular weight excluding hydrogens is 474 g/mol. The van der Waals surface area contributed by atoms with Crippen molar-refractivity contribution in [3.8, 4) is 0 Å². The highest BCUT2D eigenvalue weighted by Gasteiger charge is 2.31. The van der Waals surface area contributed by atoms with E-state index in [9.17, 15) is 14.4 Å². The van der Waals surface area contributed by atoms with Crippen LogP contribution in [-0.2, 0) is 9.59 Å². The predicted octanol–water partition coefficient (Wildman–Crippen LogP) is 4.62. The van der Waals surface area contributed by atoms with Crippen molar-refractivity contribution in [2.45, 2.75) is 25.7 Å². The number of benzene rings is 1. The van der Waals surface area contributed by atoms with E-state index < -0.39 is 5.91 Å². The monoisotopic (exact) mass is 493 g/mol. The second kappa shape index (κ2) is 11.4. The first kappa shape index (κ1) is 23.5. The lowest BCUT2D eigenvalue weighted by atomic mass is 10.2. The van der Waals surface area contributed by atoms with Crippen molar-refractivity contribution in [3.05, 3.63) is 62.1 Å². The number of thiocarbonyl (C=S) groups is 1. The molecule has 2 aromatic rings. The van der Waals surface area contributed by atoms with E-state index in [1.807, 2.05) is 23.6 Å². The van der Waals surface area contributed by atoms with Crippen molar-refractivity contribution in [2.24, 2.45) is 0 Å². The van der Waals surface area contributed by atoms with Gasteiger partial charge in [-0.25, -0.2) is 0 Å². The van der Waals surface area contributed by atoms with Gasteiger partial charge < -0.3 is 0 Å². The van der Waals surface area contributed by atoms with E-state index in [1.54, 1.807) is 40.5 Å². The largest absolute Gasteiger partial charge is 0.293 e. The minimum atomic E-state index is -0.407. The molecule has 0 unspecified atom stereocenters. The van der Waals surface area contributed by atoms with Crippen molar-refractivity contribution in [2.75, 3.05) is 6.54 Å². The molecule has 0 spiro atoms. The van der Waals surface area contributed by atoms with Gasteiger partial charge in [0.2, 0.25) is 5.91 Å². The third kappa shape index (κ3) is 6.90. The van der Waals surface area contributed by atoms with Crippen LogP contribution in [0.3, 0.4) is 0 Å². The summed E-state index contributed by atoms with van der Waals surface area (Å²) in [5, 5.41) is 2.50. The Morgan fingerprint density at radius 1 is 1.10 bits per heavy atom. The molecule has 10 heteroatoms. The first-order valence-corrected chi connectivity index (χ1v) is 12.1. The van der Waals surface area contributed by atoms with Crippen molar-refractivity contribution < 1.29 is 14.4 Å². The second-order valence-corrected chi connectivity index (χ2v) is 9.76. The maximum Gasteiger partial charge on any atom is 0.269 e. The predicted molar refractivity (Wildman–Crippen MR) is 130 cm³/mol. The van der Waals surface area contributed by atoms with E-state index in [2.05, 4.69) is 10.9 Å². The standard InChI is InChI=1S/C21H20ClN3O3S3/c22-15-9-7-14(8-10-15)19(27)24-23-18(26)6-2-1-3-11-25-20(28)17(31-21(25)29)13-16-5-4-12-30-16/h4-5,7-10,12-13H,1-3,6,11H2,(H,23,26)(H,24,27)/b17-13+. The van der Waals surface area contributed by atoms with Crippen molar-refractivity contribution in [3.63, 3.8) is 0 Å². The molecule has 3 amide bonds. The summed E-state index contributed by atoms with van der Waals surface area (Å²) < 4.78 is 0.565. The van der Waals surface area contributed by atoms with Crippen LogP contribution in [0.1, 0.15) is 40.9 Å². The normalized spacial score (nSPS) is 14.9. The Hall–Kier alpha value is -2.20. The number of nitrogens with one attached hydrogen (secondary N) is 2. The van der Waals surface area contributed by atoms with Gasteiger partial charge in [-0.1, -0.05) is 48.1 Å². The van der Waals surface area contributed by atoms with Crippen LogP contribution in [0.4, 0.5) is 0 Å². The Balaban J connectivity index is 1.33. The summed E-state index contributed by atoms with van der Waals surface area (Å²) in [4.78, 5) is 39.7. The van der Waals surface area contributed by atoms with Gasteiger partial charge in [0.15, 0.2) is 0 Å². The molecule has 2 heterocycles. The van der Waals surface area contributed by atoms with Gasteiger partial charge in [0.1, 0.15) is 4.32 Å². The molecule has 0 radical (unpaired) electrons. The van der Waals surface area contributed by atoms with Gasteiger partial charge in [0, 0.05) is 28.4 Å². The Labute approximate surface area is 199 Å².